The van der Waals surface area contributed by atoms with Gasteiger partial charge in [-0.05, 0) is 41.0 Å². The molecule has 0 radical (unpaired) electrons. The zero-order chi connectivity index (χ0) is 23.8. The Morgan fingerprint density at radius 1 is 0.853 bits per heavy atom. The van der Waals surface area contributed by atoms with Gasteiger partial charge in [-0.25, -0.2) is 9.48 Å². The van der Waals surface area contributed by atoms with Gasteiger partial charge in [0.05, 0.1) is 17.7 Å². The fourth-order valence-corrected chi connectivity index (χ4v) is 3.96. The average Bonchev–Trinajstić information content (AvgIpc) is 3.15. The number of non-ortho nitro benzene ring substituents is 1. The van der Waals surface area contributed by atoms with Crippen LogP contribution in [0.4, 0.5) is 5.69 Å². The molecule has 10 heteroatoms. The van der Waals surface area contributed by atoms with Gasteiger partial charge in [-0.15, -0.1) is 5.10 Å². The summed E-state index contributed by atoms with van der Waals surface area (Å²) in [5, 5.41) is 21.0. The highest BCUT2D eigenvalue weighted by molar-refractivity contribution is 6.31. The Labute approximate surface area is 202 Å². The van der Waals surface area contributed by atoms with Crippen LogP contribution < -0.4 is 5.69 Å². The first-order chi connectivity index (χ1) is 16.4. The van der Waals surface area contributed by atoms with Crippen molar-refractivity contribution in [1.29, 1.82) is 0 Å². The normalized spacial score (nSPS) is 11.1. The molecule has 0 N–H and O–H groups in total. The predicted molar refractivity (Wildman–Crippen MR) is 130 cm³/mol. The Hall–Kier alpha value is -4.01. The summed E-state index contributed by atoms with van der Waals surface area (Å²) >= 11 is 12.2. The van der Waals surface area contributed by atoms with E-state index in [2.05, 4.69) is 10.2 Å². The van der Waals surface area contributed by atoms with Crippen molar-refractivity contribution in [3.8, 4) is 22.3 Å². The Morgan fingerprint density at radius 2 is 1.44 bits per heavy atom. The number of fused-ring (bicyclic) bond motifs is 1. The molecule has 3 aromatic carbocycles. The van der Waals surface area contributed by atoms with Crippen molar-refractivity contribution in [3.05, 3.63) is 115 Å². The van der Waals surface area contributed by atoms with E-state index in [9.17, 15) is 14.9 Å². The monoisotopic (exact) mass is 491 g/mol. The molecule has 34 heavy (non-hydrogen) atoms. The number of halogens is 2. The number of nitro benzene ring substituents is 1. The van der Waals surface area contributed by atoms with Crippen LogP contribution >= 0.6 is 23.2 Å². The largest absolute Gasteiger partial charge is 0.367 e. The van der Waals surface area contributed by atoms with Crippen LogP contribution in [0.1, 0.15) is 5.56 Å². The van der Waals surface area contributed by atoms with Crippen LogP contribution in [0.2, 0.25) is 10.0 Å². The third kappa shape index (κ3) is 4.05. The molecule has 168 valence electrons. The van der Waals surface area contributed by atoms with Gasteiger partial charge >= 0.3 is 5.69 Å². The molecule has 0 aliphatic carbocycles. The summed E-state index contributed by atoms with van der Waals surface area (Å²) in [5.41, 5.74) is 3.80. The predicted octanol–water partition coefficient (Wildman–Crippen LogP) is 5.49. The van der Waals surface area contributed by atoms with Crippen molar-refractivity contribution in [2.24, 2.45) is 0 Å². The second kappa shape index (κ2) is 8.74. The number of benzene rings is 3. The van der Waals surface area contributed by atoms with Crippen molar-refractivity contribution in [1.82, 2.24) is 19.4 Å². The van der Waals surface area contributed by atoms with Crippen molar-refractivity contribution in [2.45, 2.75) is 6.54 Å². The third-order valence-corrected chi connectivity index (χ3v) is 5.88. The van der Waals surface area contributed by atoms with Crippen molar-refractivity contribution in [3.63, 3.8) is 0 Å². The van der Waals surface area contributed by atoms with Crippen LogP contribution in [0.5, 0.6) is 0 Å². The molecule has 0 fully saturated rings. The Kier molecular flexibility index (Phi) is 5.61. The third-order valence-electron chi connectivity index (χ3n) is 5.38. The van der Waals surface area contributed by atoms with E-state index in [4.69, 9.17) is 23.2 Å². The van der Waals surface area contributed by atoms with Gasteiger partial charge in [0.1, 0.15) is 0 Å². The average molecular weight is 492 g/mol. The van der Waals surface area contributed by atoms with Crippen LogP contribution in [-0.2, 0) is 6.54 Å². The quantitative estimate of drug-likeness (QED) is 0.239. The molecule has 0 bridgehead atoms. The minimum Gasteiger partial charge on any atom is -0.258 e. The van der Waals surface area contributed by atoms with Crippen LogP contribution in [0, 0.1) is 10.1 Å². The van der Waals surface area contributed by atoms with E-state index < -0.39 is 10.6 Å². The highest BCUT2D eigenvalue weighted by Gasteiger charge is 2.19. The lowest BCUT2D eigenvalue weighted by atomic mass is 9.97. The Balaban J connectivity index is 1.68. The highest BCUT2D eigenvalue weighted by Crippen LogP contribution is 2.35. The summed E-state index contributed by atoms with van der Waals surface area (Å²) in [6.45, 7) is 0.135. The van der Waals surface area contributed by atoms with Crippen molar-refractivity contribution < 1.29 is 4.92 Å². The van der Waals surface area contributed by atoms with Crippen molar-refractivity contribution in [2.75, 3.05) is 0 Å². The zero-order valence-corrected chi connectivity index (χ0v) is 18.9. The van der Waals surface area contributed by atoms with Gasteiger partial charge in [0.15, 0.2) is 5.65 Å². The van der Waals surface area contributed by atoms with E-state index in [1.165, 1.54) is 21.3 Å². The summed E-state index contributed by atoms with van der Waals surface area (Å²) in [5.74, 6) is 0. The Bertz CT molecular complexity index is 1580. The van der Waals surface area contributed by atoms with Gasteiger partial charge < -0.3 is 0 Å². The SMILES string of the molecule is O=c1n(Cc2ccc([N+](=O)[O-])cc2)nc2c(-c3ccc(Cl)cc3)c(-c3ccc(Cl)cc3)cnn12. The second-order valence-electron chi connectivity index (χ2n) is 7.55. The molecular weight excluding hydrogens is 477 g/mol. The molecule has 5 rings (SSSR count). The summed E-state index contributed by atoms with van der Waals surface area (Å²) < 4.78 is 2.53. The minimum atomic E-state index is -0.471. The second-order valence-corrected chi connectivity index (χ2v) is 8.42. The van der Waals surface area contributed by atoms with Gasteiger partial charge in [-0.2, -0.15) is 9.61 Å². The maximum atomic E-state index is 13.1. The smallest absolute Gasteiger partial charge is 0.258 e. The van der Waals surface area contributed by atoms with E-state index in [1.807, 2.05) is 24.3 Å². The zero-order valence-electron chi connectivity index (χ0n) is 17.4. The number of hydrogen-bond donors (Lipinski definition) is 0. The molecule has 0 aliphatic rings. The number of nitrogens with zero attached hydrogens (tertiary/aromatic N) is 5. The van der Waals surface area contributed by atoms with Gasteiger partial charge in [0, 0.05) is 33.3 Å². The molecule has 5 aromatic rings. The number of rotatable bonds is 5. The fraction of sp³-hybridized carbons (Fsp3) is 0.0417. The number of aromatic nitrogens is 4. The first-order valence-electron chi connectivity index (χ1n) is 10.1. The van der Waals surface area contributed by atoms with Crippen molar-refractivity contribution >= 4 is 34.5 Å². The van der Waals surface area contributed by atoms with Gasteiger partial charge in [-0.1, -0.05) is 59.6 Å². The molecule has 0 saturated heterocycles. The summed E-state index contributed by atoms with van der Waals surface area (Å²) in [6, 6.07) is 20.6. The van der Waals surface area contributed by atoms with Gasteiger partial charge in [-0.3, -0.25) is 10.1 Å². The molecule has 0 unspecified atom stereocenters. The van der Waals surface area contributed by atoms with Crippen LogP contribution in [0.3, 0.4) is 0 Å². The molecule has 0 aliphatic heterocycles. The maximum Gasteiger partial charge on any atom is 0.367 e. The van der Waals surface area contributed by atoms with Crippen LogP contribution in [-0.4, -0.2) is 24.3 Å². The molecular formula is C24H15Cl2N5O3. The van der Waals surface area contributed by atoms with Crippen LogP contribution in [0.25, 0.3) is 27.9 Å². The molecule has 0 atom stereocenters. The van der Waals surface area contributed by atoms with E-state index in [-0.39, 0.29) is 12.2 Å². The van der Waals surface area contributed by atoms with E-state index >= 15 is 0 Å². The summed E-state index contributed by atoms with van der Waals surface area (Å²) in [7, 11) is 0. The van der Waals surface area contributed by atoms with Gasteiger partial charge in [0.25, 0.3) is 5.69 Å². The van der Waals surface area contributed by atoms with Crippen LogP contribution in [0.15, 0.2) is 83.8 Å². The summed E-state index contributed by atoms with van der Waals surface area (Å²) in [6.07, 6.45) is 1.62. The van der Waals surface area contributed by atoms with E-state index in [0.717, 1.165) is 16.7 Å². The molecule has 2 aromatic heterocycles. The maximum absolute atomic E-state index is 13.1. The lowest BCUT2D eigenvalue weighted by molar-refractivity contribution is -0.384. The molecule has 0 spiro atoms. The van der Waals surface area contributed by atoms with E-state index in [0.29, 0.717) is 26.8 Å². The first kappa shape index (κ1) is 21.8. The van der Waals surface area contributed by atoms with E-state index in [1.54, 1.807) is 42.6 Å². The first-order valence-corrected chi connectivity index (χ1v) is 10.9. The molecule has 0 amide bonds. The molecule has 2 heterocycles. The lowest BCUT2D eigenvalue weighted by Crippen LogP contribution is -2.22. The minimum absolute atomic E-state index is 0.0228. The molecule has 0 saturated carbocycles. The Morgan fingerprint density at radius 3 is 2.03 bits per heavy atom. The molecule has 8 nitrogen and oxygen atoms in total. The lowest BCUT2D eigenvalue weighted by Gasteiger charge is -2.11. The standard InChI is InChI=1S/C24H15Cl2N5O3/c25-18-7-3-16(4-8-18)21-13-27-30-23(22(21)17-5-9-19(26)10-6-17)28-29(24(30)32)14-15-1-11-20(12-2-15)31(33)34/h1-13H,14H2. The topological polar surface area (TPSA) is 95.3 Å². The number of nitro groups is 1. The fourth-order valence-electron chi connectivity index (χ4n) is 3.71. The summed E-state index contributed by atoms with van der Waals surface area (Å²) in [4.78, 5) is 23.5. The van der Waals surface area contributed by atoms with Gasteiger partial charge in [0.2, 0.25) is 0 Å². The highest BCUT2D eigenvalue weighted by atomic mass is 35.5. The number of hydrogen-bond acceptors (Lipinski definition) is 5.